The summed E-state index contributed by atoms with van der Waals surface area (Å²) in [5, 5.41) is 9.37. The van der Waals surface area contributed by atoms with Crippen LogP contribution in [0.1, 0.15) is 75.3 Å². The first kappa shape index (κ1) is 16.4. The summed E-state index contributed by atoms with van der Waals surface area (Å²) in [6.07, 6.45) is 9.42. The van der Waals surface area contributed by atoms with E-state index in [1.165, 1.54) is 36.8 Å². The SMILES string of the molecule is CCCCCC(Oc1ccc2c(c1)CC1CCCCC21)C(=O)O. The molecule has 3 nitrogen and oxygen atoms in total. The van der Waals surface area contributed by atoms with Gasteiger partial charge in [-0.25, -0.2) is 4.79 Å². The van der Waals surface area contributed by atoms with Gasteiger partial charge in [0.15, 0.2) is 6.10 Å². The molecular weight excluding hydrogens is 288 g/mol. The molecule has 0 bridgehead atoms. The van der Waals surface area contributed by atoms with Gasteiger partial charge >= 0.3 is 5.97 Å². The third-order valence-electron chi connectivity index (χ3n) is 5.53. The second kappa shape index (κ2) is 7.37. The number of fused-ring (bicyclic) bond motifs is 3. The van der Waals surface area contributed by atoms with E-state index in [2.05, 4.69) is 19.1 Å². The van der Waals surface area contributed by atoms with Crippen molar-refractivity contribution in [3.63, 3.8) is 0 Å². The van der Waals surface area contributed by atoms with Crippen molar-refractivity contribution in [2.75, 3.05) is 0 Å². The Labute approximate surface area is 139 Å². The maximum atomic E-state index is 11.4. The molecule has 3 heteroatoms. The van der Waals surface area contributed by atoms with E-state index in [1.807, 2.05) is 6.07 Å². The van der Waals surface area contributed by atoms with Crippen LogP contribution in [0.3, 0.4) is 0 Å². The van der Waals surface area contributed by atoms with Crippen molar-refractivity contribution >= 4 is 5.97 Å². The fraction of sp³-hybridized carbons (Fsp3) is 0.650. The number of carbonyl (C=O) groups is 1. The molecule has 126 valence electrons. The molecule has 0 aliphatic heterocycles. The van der Waals surface area contributed by atoms with Gasteiger partial charge in [0.25, 0.3) is 0 Å². The Morgan fingerprint density at radius 1 is 1.30 bits per heavy atom. The molecule has 1 N–H and O–H groups in total. The zero-order valence-electron chi connectivity index (χ0n) is 14.1. The summed E-state index contributed by atoms with van der Waals surface area (Å²) in [5.41, 5.74) is 2.87. The molecule has 1 aromatic rings. The standard InChI is InChI=1S/C20H28O3/c1-2-3-4-9-19(20(21)22)23-16-10-11-18-15(13-16)12-14-7-5-6-8-17(14)18/h10-11,13-14,17,19H,2-9,12H2,1H3,(H,21,22). The number of benzene rings is 1. The van der Waals surface area contributed by atoms with Crippen LogP contribution in [0.4, 0.5) is 0 Å². The number of carboxylic acid groups (broad SMARTS) is 1. The van der Waals surface area contributed by atoms with Gasteiger partial charge in [-0.15, -0.1) is 0 Å². The van der Waals surface area contributed by atoms with Crippen molar-refractivity contribution in [1.82, 2.24) is 0 Å². The summed E-state index contributed by atoms with van der Waals surface area (Å²) in [7, 11) is 0. The highest BCUT2D eigenvalue weighted by molar-refractivity contribution is 5.72. The highest BCUT2D eigenvalue weighted by Crippen LogP contribution is 2.47. The number of rotatable bonds is 7. The average Bonchev–Trinajstić information content (AvgIpc) is 2.91. The summed E-state index contributed by atoms with van der Waals surface area (Å²) < 4.78 is 5.80. The van der Waals surface area contributed by atoms with E-state index in [0.29, 0.717) is 6.42 Å². The third-order valence-corrected chi connectivity index (χ3v) is 5.53. The molecule has 3 rings (SSSR count). The van der Waals surface area contributed by atoms with Crippen molar-refractivity contribution in [3.05, 3.63) is 29.3 Å². The molecule has 0 aromatic heterocycles. The van der Waals surface area contributed by atoms with Crippen LogP contribution >= 0.6 is 0 Å². The van der Waals surface area contributed by atoms with E-state index in [4.69, 9.17) is 4.74 Å². The van der Waals surface area contributed by atoms with Crippen LogP contribution < -0.4 is 4.74 Å². The molecule has 0 spiro atoms. The summed E-state index contributed by atoms with van der Waals surface area (Å²) in [4.78, 5) is 11.4. The minimum Gasteiger partial charge on any atom is -0.479 e. The highest BCUT2D eigenvalue weighted by Gasteiger charge is 2.34. The van der Waals surface area contributed by atoms with Crippen LogP contribution in [-0.4, -0.2) is 17.2 Å². The van der Waals surface area contributed by atoms with Crippen LogP contribution in [0.5, 0.6) is 5.75 Å². The normalized spacial score (nSPS) is 23.9. The lowest BCUT2D eigenvalue weighted by Gasteiger charge is -2.25. The van der Waals surface area contributed by atoms with Gasteiger partial charge in [0.2, 0.25) is 0 Å². The van der Waals surface area contributed by atoms with E-state index >= 15 is 0 Å². The van der Waals surface area contributed by atoms with Gasteiger partial charge in [0.1, 0.15) is 5.75 Å². The van der Waals surface area contributed by atoms with Crippen LogP contribution in [-0.2, 0) is 11.2 Å². The molecule has 0 saturated heterocycles. The van der Waals surface area contributed by atoms with Crippen molar-refractivity contribution in [2.24, 2.45) is 5.92 Å². The monoisotopic (exact) mass is 316 g/mol. The Kier molecular flexibility index (Phi) is 5.24. The number of carboxylic acids is 1. The minimum atomic E-state index is -0.852. The lowest BCUT2D eigenvalue weighted by molar-refractivity contribution is -0.145. The van der Waals surface area contributed by atoms with Crippen molar-refractivity contribution in [1.29, 1.82) is 0 Å². The first-order valence-corrected chi connectivity index (χ1v) is 9.21. The second-order valence-corrected chi connectivity index (χ2v) is 7.16. The Balaban J connectivity index is 1.68. The maximum Gasteiger partial charge on any atom is 0.344 e. The Morgan fingerprint density at radius 2 is 2.13 bits per heavy atom. The maximum absolute atomic E-state index is 11.4. The van der Waals surface area contributed by atoms with E-state index in [1.54, 1.807) is 0 Å². The largest absolute Gasteiger partial charge is 0.479 e. The molecule has 3 unspecified atom stereocenters. The zero-order valence-corrected chi connectivity index (χ0v) is 14.1. The molecule has 3 atom stereocenters. The lowest BCUT2D eigenvalue weighted by Crippen LogP contribution is -2.26. The first-order chi connectivity index (χ1) is 11.2. The van der Waals surface area contributed by atoms with E-state index < -0.39 is 12.1 Å². The van der Waals surface area contributed by atoms with Gasteiger partial charge in [-0.05, 0) is 67.2 Å². The first-order valence-electron chi connectivity index (χ1n) is 9.21. The van der Waals surface area contributed by atoms with Crippen molar-refractivity contribution in [3.8, 4) is 5.75 Å². The quantitative estimate of drug-likeness (QED) is 0.726. The van der Waals surface area contributed by atoms with Gasteiger partial charge in [0.05, 0.1) is 0 Å². The molecule has 1 fully saturated rings. The smallest absolute Gasteiger partial charge is 0.344 e. The average molecular weight is 316 g/mol. The summed E-state index contributed by atoms with van der Waals surface area (Å²) >= 11 is 0. The summed E-state index contributed by atoms with van der Waals surface area (Å²) in [6, 6.07) is 6.26. The Bertz CT molecular complexity index is 552. The molecular formula is C20H28O3. The van der Waals surface area contributed by atoms with Crippen LogP contribution in [0.2, 0.25) is 0 Å². The summed E-state index contributed by atoms with van der Waals surface area (Å²) in [6.45, 7) is 2.12. The molecule has 2 aliphatic rings. The highest BCUT2D eigenvalue weighted by atomic mass is 16.5. The van der Waals surface area contributed by atoms with E-state index in [-0.39, 0.29) is 0 Å². The van der Waals surface area contributed by atoms with Gasteiger partial charge in [-0.2, -0.15) is 0 Å². The van der Waals surface area contributed by atoms with E-state index in [9.17, 15) is 9.90 Å². The Morgan fingerprint density at radius 3 is 2.91 bits per heavy atom. The van der Waals surface area contributed by atoms with Gasteiger partial charge < -0.3 is 9.84 Å². The number of hydrogen-bond donors (Lipinski definition) is 1. The van der Waals surface area contributed by atoms with Crippen LogP contribution in [0, 0.1) is 5.92 Å². The Hall–Kier alpha value is -1.51. The molecule has 1 aromatic carbocycles. The third kappa shape index (κ3) is 3.70. The fourth-order valence-corrected chi connectivity index (χ4v) is 4.31. The number of unbranched alkanes of at least 4 members (excludes halogenated alkanes) is 2. The second-order valence-electron chi connectivity index (χ2n) is 7.16. The topological polar surface area (TPSA) is 46.5 Å². The van der Waals surface area contributed by atoms with Gasteiger partial charge in [-0.3, -0.25) is 0 Å². The van der Waals surface area contributed by atoms with E-state index in [0.717, 1.165) is 43.3 Å². The number of ether oxygens (including phenoxy) is 1. The molecule has 0 amide bonds. The fourth-order valence-electron chi connectivity index (χ4n) is 4.31. The van der Waals surface area contributed by atoms with Crippen LogP contribution in [0.15, 0.2) is 18.2 Å². The van der Waals surface area contributed by atoms with Crippen molar-refractivity contribution in [2.45, 2.75) is 76.7 Å². The molecule has 0 heterocycles. The van der Waals surface area contributed by atoms with Crippen molar-refractivity contribution < 1.29 is 14.6 Å². The molecule has 2 aliphatic carbocycles. The molecule has 1 saturated carbocycles. The lowest BCUT2D eigenvalue weighted by atomic mass is 9.80. The number of hydrogen-bond acceptors (Lipinski definition) is 2. The zero-order chi connectivity index (χ0) is 16.2. The van der Waals surface area contributed by atoms with Crippen LogP contribution in [0.25, 0.3) is 0 Å². The summed E-state index contributed by atoms with van der Waals surface area (Å²) in [5.74, 6) is 1.41. The van der Waals surface area contributed by atoms with Gasteiger partial charge in [-0.1, -0.05) is 38.7 Å². The predicted octanol–water partition coefficient (Wildman–Crippen LogP) is 4.93. The minimum absolute atomic E-state index is 0.589. The predicted molar refractivity (Wildman–Crippen MR) is 91.0 cm³/mol. The number of aliphatic carboxylic acids is 1. The molecule has 0 radical (unpaired) electrons. The van der Waals surface area contributed by atoms with Gasteiger partial charge in [0, 0.05) is 0 Å². The molecule has 23 heavy (non-hydrogen) atoms.